The first kappa shape index (κ1) is 12.1. The topological polar surface area (TPSA) is 40.7 Å². The van der Waals surface area contributed by atoms with Gasteiger partial charge in [-0.25, -0.2) is 9.37 Å². The van der Waals surface area contributed by atoms with E-state index in [1.165, 1.54) is 0 Å². The first-order valence-electron chi connectivity index (χ1n) is 5.39. The van der Waals surface area contributed by atoms with E-state index in [1.807, 2.05) is 0 Å². The van der Waals surface area contributed by atoms with E-state index in [0.29, 0.717) is 12.1 Å². The van der Waals surface area contributed by atoms with Gasteiger partial charge in [0.15, 0.2) is 0 Å². The van der Waals surface area contributed by atoms with Crippen molar-refractivity contribution in [1.29, 1.82) is 0 Å². The van der Waals surface area contributed by atoms with Gasteiger partial charge in [0.25, 0.3) is 0 Å². The number of hydrogen-bond acceptors (Lipinski definition) is 2. The molecule has 90 valence electrons. The quantitative estimate of drug-likeness (QED) is 0.804. The van der Waals surface area contributed by atoms with Gasteiger partial charge in [-0.1, -0.05) is 23.7 Å². The minimum absolute atomic E-state index is 0.162. The number of benzene rings is 1. The molecule has 0 aliphatic rings. The summed E-state index contributed by atoms with van der Waals surface area (Å²) < 4.78 is 13.5. The Morgan fingerprint density at radius 3 is 3.06 bits per heavy atom. The highest BCUT2D eigenvalue weighted by Gasteiger charge is 2.05. The van der Waals surface area contributed by atoms with E-state index >= 15 is 0 Å². The van der Waals surface area contributed by atoms with E-state index in [0.717, 1.165) is 18.8 Å². The number of aromatic amines is 1. The maximum absolute atomic E-state index is 13.5. The largest absolute Gasteiger partial charge is 0.349 e. The van der Waals surface area contributed by atoms with Gasteiger partial charge < -0.3 is 10.3 Å². The second kappa shape index (κ2) is 5.80. The predicted octanol–water partition coefficient (Wildman–Crippen LogP) is 2.53. The highest BCUT2D eigenvalue weighted by Crippen LogP contribution is 2.17. The van der Waals surface area contributed by atoms with Crippen molar-refractivity contribution >= 4 is 11.6 Å². The van der Waals surface area contributed by atoms with Crippen LogP contribution in [0.2, 0.25) is 5.02 Å². The highest BCUT2D eigenvalue weighted by molar-refractivity contribution is 6.30. The molecule has 2 aromatic rings. The van der Waals surface area contributed by atoms with E-state index in [1.54, 1.807) is 30.6 Å². The minimum Gasteiger partial charge on any atom is -0.349 e. The SMILES string of the molecule is Fc1c(Cl)cccc1CNCCc1ncc[nH]1. The standard InChI is InChI=1S/C12H13ClFN3/c13-10-3-1-2-9(12(10)14)8-15-5-4-11-16-6-7-17-11/h1-3,6-7,15H,4-5,8H2,(H,16,17). The van der Waals surface area contributed by atoms with E-state index < -0.39 is 0 Å². The number of halogens is 2. The van der Waals surface area contributed by atoms with Crippen molar-refractivity contribution in [3.63, 3.8) is 0 Å². The molecule has 0 saturated carbocycles. The molecule has 2 N–H and O–H groups in total. The molecule has 1 aromatic carbocycles. The van der Waals surface area contributed by atoms with Crippen LogP contribution in [0.5, 0.6) is 0 Å². The molecule has 3 nitrogen and oxygen atoms in total. The monoisotopic (exact) mass is 253 g/mol. The Labute approximate surface area is 104 Å². The maximum Gasteiger partial charge on any atom is 0.146 e. The molecule has 17 heavy (non-hydrogen) atoms. The number of nitrogens with one attached hydrogen (secondary N) is 2. The number of aromatic nitrogens is 2. The zero-order chi connectivity index (χ0) is 12.1. The average molecular weight is 254 g/mol. The minimum atomic E-state index is -0.348. The number of hydrogen-bond donors (Lipinski definition) is 2. The van der Waals surface area contributed by atoms with Crippen molar-refractivity contribution in [2.45, 2.75) is 13.0 Å². The smallest absolute Gasteiger partial charge is 0.146 e. The van der Waals surface area contributed by atoms with Gasteiger partial charge >= 0.3 is 0 Å². The molecule has 0 radical (unpaired) electrons. The van der Waals surface area contributed by atoms with Crippen molar-refractivity contribution in [3.05, 3.63) is 52.8 Å². The van der Waals surface area contributed by atoms with Crippen molar-refractivity contribution < 1.29 is 4.39 Å². The lowest BCUT2D eigenvalue weighted by atomic mass is 10.2. The molecule has 2 rings (SSSR count). The van der Waals surface area contributed by atoms with Crippen LogP contribution in [0.3, 0.4) is 0 Å². The van der Waals surface area contributed by atoms with Gasteiger partial charge in [-0.15, -0.1) is 0 Å². The third-order valence-corrected chi connectivity index (χ3v) is 2.73. The third-order valence-electron chi connectivity index (χ3n) is 2.44. The normalized spacial score (nSPS) is 10.7. The molecule has 0 unspecified atom stereocenters. The first-order valence-corrected chi connectivity index (χ1v) is 5.77. The van der Waals surface area contributed by atoms with Gasteiger partial charge in [-0.3, -0.25) is 0 Å². The van der Waals surface area contributed by atoms with Crippen molar-refractivity contribution in [3.8, 4) is 0 Å². The van der Waals surface area contributed by atoms with E-state index in [2.05, 4.69) is 15.3 Å². The summed E-state index contributed by atoms with van der Waals surface area (Å²) in [6.45, 7) is 1.20. The van der Waals surface area contributed by atoms with Crippen molar-refractivity contribution in [2.24, 2.45) is 0 Å². The van der Waals surface area contributed by atoms with E-state index in [9.17, 15) is 4.39 Å². The molecule has 0 bridgehead atoms. The van der Waals surface area contributed by atoms with Crippen LogP contribution in [-0.2, 0) is 13.0 Å². The molecule has 0 fully saturated rings. The van der Waals surface area contributed by atoms with Crippen LogP contribution in [0.4, 0.5) is 4.39 Å². The lowest BCUT2D eigenvalue weighted by Gasteiger charge is -2.06. The molecule has 0 atom stereocenters. The summed E-state index contributed by atoms with van der Waals surface area (Å²) in [5.41, 5.74) is 0.581. The Bertz CT molecular complexity index is 471. The van der Waals surface area contributed by atoms with Crippen LogP contribution in [0.1, 0.15) is 11.4 Å². The number of rotatable bonds is 5. The van der Waals surface area contributed by atoms with Gasteiger partial charge in [0.1, 0.15) is 11.6 Å². The second-order valence-electron chi connectivity index (χ2n) is 3.68. The lowest BCUT2D eigenvalue weighted by Crippen LogP contribution is -2.18. The summed E-state index contributed by atoms with van der Waals surface area (Å²) in [5.74, 6) is 0.573. The Balaban J connectivity index is 1.80. The molecular formula is C12H13ClFN3. The fourth-order valence-electron chi connectivity index (χ4n) is 1.55. The van der Waals surface area contributed by atoms with Crippen LogP contribution in [-0.4, -0.2) is 16.5 Å². The summed E-state index contributed by atoms with van der Waals surface area (Å²) in [6.07, 6.45) is 4.28. The Morgan fingerprint density at radius 2 is 2.29 bits per heavy atom. The number of H-pyrrole nitrogens is 1. The van der Waals surface area contributed by atoms with Gasteiger partial charge in [0, 0.05) is 37.5 Å². The van der Waals surface area contributed by atoms with Gasteiger partial charge in [-0.2, -0.15) is 0 Å². The summed E-state index contributed by atoms with van der Waals surface area (Å²) in [4.78, 5) is 7.11. The Morgan fingerprint density at radius 1 is 1.41 bits per heavy atom. The highest BCUT2D eigenvalue weighted by atomic mass is 35.5. The fourth-order valence-corrected chi connectivity index (χ4v) is 1.74. The van der Waals surface area contributed by atoms with Crippen molar-refractivity contribution in [1.82, 2.24) is 15.3 Å². The zero-order valence-electron chi connectivity index (χ0n) is 9.21. The number of nitrogens with zero attached hydrogens (tertiary/aromatic N) is 1. The summed E-state index contributed by atoms with van der Waals surface area (Å²) in [5, 5.41) is 3.31. The van der Waals surface area contributed by atoms with Crippen LogP contribution in [0.15, 0.2) is 30.6 Å². The molecule has 1 heterocycles. The summed E-state index contributed by atoms with van der Waals surface area (Å²) >= 11 is 5.69. The lowest BCUT2D eigenvalue weighted by molar-refractivity contribution is 0.587. The van der Waals surface area contributed by atoms with E-state index in [-0.39, 0.29) is 10.8 Å². The molecule has 1 aromatic heterocycles. The Kier molecular flexibility index (Phi) is 4.12. The summed E-state index contributed by atoms with van der Waals surface area (Å²) in [7, 11) is 0. The summed E-state index contributed by atoms with van der Waals surface area (Å²) in [6, 6.07) is 5.01. The van der Waals surface area contributed by atoms with Gasteiger partial charge in [0.2, 0.25) is 0 Å². The maximum atomic E-state index is 13.5. The van der Waals surface area contributed by atoms with Crippen LogP contribution in [0.25, 0.3) is 0 Å². The third kappa shape index (κ3) is 3.28. The molecule has 0 aliphatic carbocycles. The average Bonchev–Trinajstić information content (AvgIpc) is 2.83. The van der Waals surface area contributed by atoms with Crippen LogP contribution < -0.4 is 5.32 Å². The van der Waals surface area contributed by atoms with Gasteiger partial charge in [-0.05, 0) is 6.07 Å². The second-order valence-corrected chi connectivity index (χ2v) is 4.08. The molecule has 0 aliphatic heterocycles. The fraction of sp³-hybridized carbons (Fsp3) is 0.250. The Hall–Kier alpha value is -1.39. The molecule has 0 saturated heterocycles. The predicted molar refractivity (Wildman–Crippen MR) is 65.4 cm³/mol. The van der Waals surface area contributed by atoms with E-state index in [4.69, 9.17) is 11.6 Å². The van der Waals surface area contributed by atoms with Gasteiger partial charge in [0.05, 0.1) is 5.02 Å². The molecular weight excluding hydrogens is 241 g/mol. The van der Waals surface area contributed by atoms with Crippen molar-refractivity contribution in [2.75, 3.05) is 6.54 Å². The molecule has 5 heteroatoms. The zero-order valence-corrected chi connectivity index (χ0v) is 9.97. The van der Waals surface area contributed by atoms with Crippen LogP contribution >= 0.6 is 11.6 Å². The first-order chi connectivity index (χ1) is 8.27. The van der Waals surface area contributed by atoms with Crippen LogP contribution in [0, 0.1) is 5.82 Å². The molecule has 0 spiro atoms. The number of imidazole rings is 1. The molecule has 0 amide bonds.